The highest BCUT2D eigenvalue weighted by atomic mass is 19.1. The first-order valence-electron chi connectivity index (χ1n) is 8.34. The number of benzene rings is 1. The van der Waals surface area contributed by atoms with Gasteiger partial charge in [-0.05, 0) is 42.9 Å². The quantitative estimate of drug-likeness (QED) is 0.845. The van der Waals surface area contributed by atoms with E-state index in [-0.39, 0.29) is 5.82 Å². The zero-order valence-corrected chi connectivity index (χ0v) is 13.7. The van der Waals surface area contributed by atoms with Gasteiger partial charge in [0.25, 0.3) is 0 Å². The molecule has 0 atom stereocenters. The monoisotopic (exact) mass is 292 g/mol. The third-order valence-electron chi connectivity index (χ3n) is 4.45. The van der Waals surface area contributed by atoms with Crippen LogP contribution < -0.4 is 10.2 Å². The zero-order valence-electron chi connectivity index (χ0n) is 13.7. The fraction of sp³-hybridized carbons (Fsp3) is 0.667. The lowest BCUT2D eigenvalue weighted by molar-refractivity contribution is 0.392. The van der Waals surface area contributed by atoms with Crippen LogP contribution in [-0.2, 0) is 6.54 Å². The number of para-hydroxylation sites is 1. The highest BCUT2D eigenvalue weighted by molar-refractivity contribution is 5.55. The Balaban J connectivity index is 2.07. The van der Waals surface area contributed by atoms with Crippen LogP contribution in [0, 0.1) is 17.7 Å². The molecule has 2 nitrogen and oxygen atoms in total. The van der Waals surface area contributed by atoms with E-state index < -0.39 is 0 Å². The van der Waals surface area contributed by atoms with E-state index in [1.165, 1.54) is 19.3 Å². The van der Waals surface area contributed by atoms with E-state index in [2.05, 4.69) is 37.1 Å². The molecule has 0 spiro atoms. The van der Waals surface area contributed by atoms with Crippen molar-refractivity contribution in [3.63, 3.8) is 0 Å². The molecule has 1 aliphatic rings. The van der Waals surface area contributed by atoms with E-state index in [1.54, 1.807) is 6.07 Å². The molecule has 1 fully saturated rings. The minimum Gasteiger partial charge on any atom is -0.369 e. The van der Waals surface area contributed by atoms with Crippen LogP contribution in [0.5, 0.6) is 0 Å². The summed E-state index contributed by atoms with van der Waals surface area (Å²) >= 11 is 0. The molecule has 1 aliphatic heterocycles. The summed E-state index contributed by atoms with van der Waals surface area (Å²) in [5, 5.41) is 3.43. The first-order chi connectivity index (χ1) is 10.1. The van der Waals surface area contributed by atoms with Crippen molar-refractivity contribution < 1.29 is 4.39 Å². The molecular weight excluding hydrogens is 263 g/mol. The van der Waals surface area contributed by atoms with Crippen molar-refractivity contribution in [1.82, 2.24) is 5.32 Å². The average Bonchev–Trinajstić information content (AvgIpc) is 2.47. The van der Waals surface area contributed by atoms with Gasteiger partial charge in [-0.25, -0.2) is 4.39 Å². The summed E-state index contributed by atoms with van der Waals surface area (Å²) in [5.74, 6) is 1.35. The molecule has 3 heteroatoms. The maximum Gasteiger partial charge on any atom is 0.146 e. The number of halogens is 1. The van der Waals surface area contributed by atoms with Gasteiger partial charge >= 0.3 is 0 Å². The van der Waals surface area contributed by atoms with E-state index in [0.717, 1.165) is 43.3 Å². The van der Waals surface area contributed by atoms with E-state index in [0.29, 0.717) is 5.92 Å². The maximum absolute atomic E-state index is 14.3. The number of rotatable bonds is 6. The molecule has 2 rings (SSSR count). The van der Waals surface area contributed by atoms with Crippen molar-refractivity contribution in [2.24, 2.45) is 11.8 Å². The normalized spacial score (nSPS) is 16.7. The number of nitrogens with zero attached hydrogens (tertiary/aromatic N) is 1. The fourth-order valence-electron chi connectivity index (χ4n) is 3.12. The van der Waals surface area contributed by atoms with Gasteiger partial charge in [0, 0.05) is 19.6 Å². The minimum absolute atomic E-state index is 0.0752. The molecule has 1 N–H and O–H groups in total. The summed E-state index contributed by atoms with van der Waals surface area (Å²) in [5.41, 5.74) is 1.91. The molecule has 0 unspecified atom stereocenters. The first-order valence-corrected chi connectivity index (χ1v) is 8.34. The summed E-state index contributed by atoms with van der Waals surface area (Å²) in [6.07, 6.45) is 3.61. The van der Waals surface area contributed by atoms with Crippen molar-refractivity contribution in [3.05, 3.63) is 29.6 Å². The summed E-state index contributed by atoms with van der Waals surface area (Å²) in [4.78, 5) is 2.24. The minimum atomic E-state index is -0.0752. The van der Waals surface area contributed by atoms with Gasteiger partial charge in [0.05, 0.1) is 5.69 Å². The Bertz CT molecular complexity index is 437. The Morgan fingerprint density at radius 1 is 1.29 bits per heavy atom. The van der Waals surface area contributed by atoms with Gasteiger partial charge in [-0.1, -0.05) is 39.3 Å². The van der Waals surface area contributed by atoms with Crippen molar-refractivity contribution >= 4 is 5.69 Å². The molecule has 21 heavy (non-hydrogen) atoms. The fourth-order valence-corrected chi connectivity index (χ4v) is 3.12. The Hall–Kier alpha value is -1.09. The molecular formula is C18H29FN2. The molecule has 0 aromatic heterocycles. The molecule has 118 valence electrons. The molecule has 1 heterocycles. The van der Waals surface area contributed by atoms with Crippen LogP contribution in [0.3, 0.4) is 0 Å². The maximum atomic E-state index is 14.3. The zero-order chi connectivity index (χ0) is 15.2. The van der Waals surface area contributed by atoms with Crippen LogP contribution in [0.25, 0.3) is 0 Å². The number of nitrogens with one attached hydrogen (secondary N) is 1. The summed E-state index contributed by atoms with van der Waals surface area (Å²) in [6, 6.07) is 5.47. The van der Waals surface area contributed by atoms with Gasteiger partial charge in [-0.2, -0.15) is 0 Å². The lowest BCUT2D eigenvalue weighted by Crippen LogP contribution is -2.35. The average molecular weight is 292 g/mol. The second-order valence-corrected chi connectivity index (χ2v) is 6.61. The smallest absolute Gasteiger partial charge is 0.146 e. The number of anilines is 1. The van der Waals surface area contributed by atoms with Gasteiger partial charge < -0.3 is 10.2 Å². The van der Waals surface area contributed by atoms with Crippen molar-refractivity contribution in [2.75, 3.05) is 24.5 Å². The lowest BCUT2D eigenvalue weighted by atomic mass is 9.93. The second kappa shape index (κ2) is 7.79. The molecule has 0 saturated carbocycles. The number of hydrogen-bond acceptors (Lipinski definition) is 2. The van der Waals surface area contributed by atoms with Crippen molar-refractivity contribution in [2.45, 2.75) is 46.6 Å². The molecule has 1 saturated heterocycles. The molecule has 0 aliphatic carbocycles. The Morgan fingerprint density at radius 2 is 2.00 bits per heavy atom. The van der Waals surface area contributed by atoms with Crippen LogP contribution in [0.1, 0.15) is 45.6 Å². The summed E-state index contributed by atoms with van der Waals surface area (Å²) in [6.45, 7) is 10.3. The van der Waals surface area contributed by atoms with Crippen LogP contribution in [-0.4, -0.2) is 19.6 Å². The topological polar surface area (TPSA) is 15.3 Å². The number of piperidine rings is 1. The van der Waals surface area contributed by atoms with E-state index in [1.807, 2.05) is 6.07 Å². The van der Waals surface area contributed by atoms with Gasteiger partial charge in [0.15, 0.2) is 0 Å². The molecule has 1 aromatic carbocycles. The lowest BCUT2D eigenvalue weighted by Gasteiger charge is -2.34. The highest BCUT2D eigenvalue weighted by Gasteiger charge is 2.22. The van der Waals surface area contributed by atoms with Gasteiger partial charge in [-0.15, -0.1) is 0 Å². The van der Waals surface area contributed by atoms with Crippen LogP contribution >= 0.6 is 0 Å². The Morgan fingerprint density at radius 3 is 2.62 bits per heavy atom. The van der Waals surface area contributed by atoms with E-state index in [4.69, 9.17) is 0 Å². The van der Waals surface area contributed by atoms with E-state index >= 15 is 0 Å². The molecule has 0 amide bonds. The number of hydrogen-bond donors (Lipinski definition) is 1. The van der Waals surface area contributed by atoms with Gasteiger partial charge in [0.2, 0.25) is 0 Å². The third kappa shape index (κ3) is 4.44. The second-order valence-electron chi connectivity index (χ2n) is 6.61. The highest BCUT2D eigenvalue weighted by Crippen LogP contribution is 2.30. The van der Waals surface area contributed by atoms with Crippen LogP contribution in [0.15, 0.2) is 18.2 Å². The van der Waals surface area contributed by atoms with Crippen LogP contribution in [0.4, 0.5) is 10.1 Å². The standard InChI is InChI=1S/C18H29FN2/c1-4-15-8-10-21(11-9-15)18-16(6-5-7-17(18)19)13-20-12-14(2)3/h5-7,14-15,20H,4,8-13H2,1-3H3. The summed E-state index contributed by atoms with van der Waals surface area (Å²) < 4.78 is 14.3. The first kappa shape index (κ1) is 16.3. The summed E-state index contributed by atoms with van der Waals surface area (Å²) in [7, 11) is 0. The van der Waals surface area contributed by atoms with E-state index in [9.17, 15) is 4.39 Å². The predicted octanol–water partition coefficient (Wildman–Crippen LogP) is 4.20. The molecule has 0 radical (unpaired) electrons. The van der Waals surface area contributed by atoms with Crippen LogP contribution in [0.2, 0.25) is 0 Å². The van der Waals surface area contributed by atoms with Crippen molar-refractivity contribution in [1.29, 1.82) is 0 Å². The predicted molar refractivity (Wildman–Crippen MR) is 88.2 cm³/mol. The third-order valence-corrected chi connectivity index (χ3v) is 4.45. The molecule has 1 aromatic rings. The van der Waals surface area contributed by atoms with Gasteiger partial charge in [0.1, 0.15) is 5.82 Å². The Labute approximate surface area is 128 Å². The molecule has 0 bridgehead atoms. The SMILES string of the molecule is CCC1CCN(c2c(F)cccc2CNCC(C)C)CC1. The Kier molecular flexibility index (Phi) is 6.04. The van der Waals surface area contributed by atoms with Crippen molar-refractivity contribution in [3.8, 4) is 0 Å². The largest absolute Gasteiger partial charge is 0.369 e. The van der Waals surface area contributed by atoms with Gasteiger partial charge in [-0.3, -0.25) is 0 Å².